The highest BCUT2D eigenvalue weighted by Gasteiger charge is 2.19. The normalized spacial score (nSPS) is 11.9. The van der Waals surface area contributed by atoms with Crippen molar-refractivity contribution < 1.29 is 0 Å². The summed E-state index contributed by atoms with van der Waals surface area (Å²) in [7, 11) is 0. The summed E-state index contributed by atoms with van der Waals surface area (Å²) in [6, 6.07) is 6.97. The van der Waals surface area contributed by atoms with Crippen molar-refractivity contribution in [3.8, 4) is 0 Å². The molecule has 0 bridgehead atoms. The van der Waals surface area contributed by atoms with Gasteiger partial charge in [0.25, 0.3) is 0 Å². The van der Waals surface area contributed by atoms with Crippen molar-refractivity contribution in [2.24, 2.45) is 14.6 Å². The fourth-order valence-corrected chi connectivity index (χ4v) is 2.87. The first kappa shape index (κ1) is 13.3. The van der Waals surface area contributed by atoms with Gasteiger partial charge in [0.1, 0.15) is 23.0 Å². The number of hydrogen-bond donors (Lipinski definition) is 3. The molecule has 1 aromatic heterocycles. The zero-order chi connectivity index (χ0) is 14.1. The minimum atomic E-state index is 0.447. The second-order valence-electron chi connectivity index (χ2n) is 3.85. The first-order valence-electron chi connectivity index (χ1n) is 5.50. The van der Waals surface area contributed by atoms with Crippen LogP contribution in [0, 0.1) is 0 Å². The molecule has 0 amide bonds. The number of fused-ring (bicyclic) bond motifs is 1. The van der Waals surface area contributed by atoms with Gasteiger partial charge in [-0.25, -0.2) is 10.8 Å². The number of nitrogens with zero attached hydrogens (tertiary/aromatic N) is 3. The van der Waals surface area contributed by atoms with Crippen LogP contribution in [0.5, 0.6) is 0 Å². The van der Waals surface area contributed by atoms with Crippen molar-refractivity contribution in [3.63, 3.8) is 0 Å². The summed E-state index contributed by atoms with van der Waals surface area (Å²) in [4.78, 5) is 4.26. The van der Waals surface area contributed by atoms with Gasteiger partial charge in [-0.05, 0) is 18.2 Å². The Morgan fingerprint density at radius 1 is 1.05 bits per heavy atom. The Morgan fingerprint density at radius 3 is 2.60 bits per heavy atom. The van der Waals surface area contributed by atoms with Gasteiger partial charge in [-0.15, -0.1) is 0 Å². The molecule has 102 valence electrons. The van der Waals surface area contributed by atoms with E-state index in [-0.39, 0.29) is 0 Å². The maximum atomic E-state index is 6.21. The molecule has 0 fully saturated rings. The Morgan fingerprint density at radius 2 is 1.80 bits per heavy atom. The summed E-state index contributed by atoms with van der Waals surface area (Å²) in [5, 5.41) is 4.02. The second kappa shape index (κ2) is 5.37. The fraction of sp³-hybridized carbons (Fsp3) is 0. The van der Waals surface area contributed by atoms with Crippen LogP contribution in [0.25, 0.3) is 0 Å². The van der Waals surface area contributed by atoms with Crippen LogP contribution in [0.2, 0.25) is 10.0 Å². The lowest BCUT2D eigenvalue weighted by Gasteiger charge is -2.12. The van der Waals surface area contributed by atoms with Gasteiger partial charge in [-0.1, -0.05) is 29.3 Å². The van der Waals surface area contributed by atoms with Crippen LogP contribution in [-0.2, 0) is 11.4 Å². The van der Waals surface area contributed by atoms with Crippen molar-refractivity contribution in [2.45, 2.75) is 0 Å². The van der Waals surface area contributed by atoms with E-state index < -0.39 is 0 Å². The Balaban J connectivity index is 2.03. The van der Waals surface area contributed by atoms with Crippen LogP contribution in [0.3, 0.4) is 0 Å². The number of nitrogens with one attached hydrogen (secondary N) is 2. The fourth-order valence-electron chi connectivity index (χ4n) is 1.71. The number of pyridine rings is 1. The number of benzene rings is 1. The zero-order valence-corrected chi connectivity index (χ0v) is 12.2. The number of aromatic nitrogens is 1. The monoisotopic (exact) mass is 326 g/mol. The largest absolute Gasteiger partial charge is 0.337 e. The number of nitrogens with two attached hydrogens (primary N) is 1. The van der Waals surface area contributed by atoms with E-state index in [1.165, 1.54) is 0 Å². The standard InChI is InChI=1S/C11H8Cl2N6S/c12-5-4-6(13)10-11(19-20-18-10)9(5)16-7-2-1-3-8(15-7)17-14/h1-4H,14H2,(H2,15,16,17). The number of rotatable bonds is 3. The van der Waals surface area contributed by atoms with Crippen LogP contribution in [0.4, 0.5) is 28.7 Å². The Bertz CT molecular complexity index is 757. The molecule has 20 heavy (non-hydrogen) atoms. The van der Waals surface area contributed by atoms with Crippen LogP contribution in [0.15, 0.2) is 33.0 Å². The SMILES string of the molecule is NNc1cccc(Nc2c(Cl)cc(Cl)c3c2N=S=N3)n1. The Hall–Kier alpha value is -1.67. The van der Waals surface area contributed by atoms with E-state index in [0.717, 1.165) is 11.4 Å². The number of nitrogen functional groups attached to an aromatic ring is 1. The summed E-state index contributed by atoms with van der Waals surface area (Å²) >= 11 is 13.4. The summed E-state index contributed by atoms with van der Waals surface area (Å²) in [5.74, 6) is 6.45. The molecule has 2 heterocycles. The first-order valence-corrected chi connectivity index (χ1v) is 6.98. The van der Waals surface area contributed by atoms with Crippen molar-refractivity contribution in [1.82, 2.24) is 4.98 Å². The van der Waals surface area contributed by atoms with Crippen molar-refractivity contribution in [3.05, 3.63) is 34.3 Å². The lowest BCUT2D eigenvalue weighted by molar-refractivity contribution is 1.22. The predicted molar refractivity (Wildman–Crippen MR) is 83.3 cm³/mol. The quantitative estimate of drug-likeness (QED) is 0.498. The predicted octanol–water partition coefficient (Wildman–Crippen LogP) is 4.14. The van der Waals surface area contributed by atoms with E-state index in [1.807, 2.05) is 6.07 Å². The molecule has 1 aliphatic heterocycles. The average molecular weight is 327 g/mol. The van der Waals surface area contributed by atoms with Crippen LogP contribution < -0.4 is 16.6 Å². The molecule has 0 atom stereocenters. The summed E-state index contributed by atoms with van der Waals surface area (Å²) in [6.45, 7) is 0. The maximum Gasteiger partial charge on any atom is 0.142 e. The van der Waals surface area contributed by atoms with Gasteiger partial charge < -0.3 is 10.7 Å². The molecule has 6 nitrogen and oxygen atoms in total. The van der Waals surface area contributed by atoms with E-state index >= 15 is 0 Å². The van der Waals surface area contributed by atoms with Crippen molar-refractivity contribution in [2.75, 3.05) is 10.7 Å². The third-order valence-corrected chi connectivity index (χ3v) is 3.71. The molecule has 0 spiro atoms. The minimum absolute atomic E-state index is 0.447. The molecule has 9 heteroatoms. The molecule has 0 saturated carbocycles. The number of hydrazine groups is 1. The zero-order valence-electron chi connectivity index (χ0n) is 9.89. The van der Waals surface area contributed by atoms with Gasteiger partial charge in [0.2, 0.25) is 0 Å². The number of anilines is 3. The minimum Gasteiger partial charge on any atom is -0.337 e. The lowest BCUT2D eigenvalue weighted by Crippen LogP contribution is -2.09. The highest BCUT2D eigenvalue weighted by Crippen LogP contribution is 2.48. The molecule has 4 N–H and O–H groups in total. The van der Waals surface area contributed by atoms with Gasteiger partial charge >= 0.3 is 0 Å². The molecule has 1 aliphatic rings. The molecule has 0 saturated heterocycles. The van der Waals surface area contributed by atoms with Gasteiger partial charge in [-0.2, -0.15) is 8.73 Å². The van der Waals surface area contributed by atoms with E-state index in [2.05, 4.69) is 24.5 Å². The van der Waals surface area contributed by atoms with E-state index in [4.69, 9.17) is 29.0 Å². The average Bonchev–Trinajstić information content (AvgIpc) is 2.93. The Labute approximate surface area is 128 Å². The smallest absolute Gasteiger partial charge is 0.142 e. The lowest BCUT2D eigenvalue weighted by atomic mass is 10.2. The Kier molecular flexibility index (Phi) is 3.58. The summed E-state index contributed by atoms with van der Waals surface area (Å²) in [6.07, 6.45) is 0. The van der Waals surface area contributed by atoms with E-state index in [1.54, 1.807) is 18.2 Å². The van der Waals surface area contributed by atoms with Gasteiger partial charge in [0.15, 0.2) is 0 Å². The molecular weight excluding hydrogens is 319 g/mol. The van der Waals surface area contributed by atoms with Crippen molar-refractivity contribution >= 4 is 63.3 Å². The van der Waals surface area contributed by atoms with Crippen LogP contribution in [-0.4, -0.2) is 4.98 Å². The highest BCUT2D eigenvalue weighted by atomic mass is 35.5. The van der Waals surface area contributed by atoms with E-state index in [9.17, 15) is 0 Å². The molecule has 0 radical (unpaired) electrons. The molecule has 1 aromatic carbocycles. The topological polar surface area (TPSA) is 87.7 Å². The second-order valence-corrected chi connectivity index (χ2v) is 5.20. The van der Waals surface area contributed by atoms with Crippen LogP contribution >= 0.6 is 23.2 Å². The highest BCUT2D eigenvalue weighted by molar-refractivity contribution is 7.58. The van der Waals surface area contributed by atoms with Crippen LogP contribution in [0.1, 0.15) is 0 Å². The maximum absolute atomic E-state index is 6.21. The first-order chi connectivity index (χ1) is 9.69. The van der Waals surface area contributed by atoms with Gasteiger partial charge in [0, 0.05) is 0 Å². The molecule has 3 rings (SSSR count). The number of halogens is 2. The number of hydrogen-bond acceptors (Lipinski definition) is 6. The summed E-state index contributed by atoms with van der Waals surface area (Å²) < 4.78 is 8.35. The molecule has 2 aromatic rings. The van der Waals surface area contributed by atoms with Gasteiger partial charge in [-0.3, -0.25) is 0 Å². The molecule has 0 aliphatic carbocycles. The summed E-state index contributed by atoms with van der Waals surface area (Å²) in [5.41, 5.74) is 4.31. The molecular formula is C11H8Cl2N6S. The third kappa shape index (κ3) is 2.36. The van der Waals surface area contributed by atoms with Gasteiger partial charge in [0.05, 0.1) is 27.1 Å². The molecule has 0 unspecified atom stereocenters. The van der Waals surface area contributed by atoms with E-state index in [0.29, 0.717) is 38.7 Å². The third-order valence-electron chi connectivity index (χ3n) is 2.59. The van der Waals surface area contributed by atoms with Crippen molar-refractivity contribution in [1.29, 1.82) is 0 Å².